The van der Waals surface area contributed by atoms with Gasteiger partial charge in [-0.25, -0.2) is 0 Å². The highest BCUT2D eigenvalue weighted by molar-refractivity contribution is 6.71. The van der Waals surface area contributed by atoms with Crippen molar-refractivity contribution in [1.82, 2.24) is 0 Å². The quantitative estimate of drug-likeness (QED) is 0.747. The van der Waals surface area contributed by atoms with Crippen molar-refractivity contribution in [3.05, 3.63) is 29.3 Å². The zero-order valence-corrected chi connectivity index (χ0v) is 10.2. The van der Waals surface area contributed by atoms with Gasteiger partial charge in [-0.15, -0.1) is 0 Å². The lowest BCUT2D eigenvalue weighted by molar-refractivity contribution is 0.282. The fourth-order valence-corrected chi connectivity index (χ4v) is 1.87. The van der Waals surface area contributed by atoms with E-state index in [1.54, 1.807) is 0 Å². The second-order valence-electron chi connectivity index (χ2n) is 4.58. The highest BCUT2D eigenvalue weighted by Crippen LogP contribution is 2.19. The molecule has 0 radical (unpaired) electrons. The molecule has 0 amide bonds. The number of hydrogen-bond acceptors (Lipinski definition) is 1. The average Bonchev–Trinajstić information content (AvgIpc) is 2.26. The normalized spacial score (nSPS) is 12.6. The van der Waals surface area contributed by atoms with Gasteiger partial charge in [0.15, 0.2) is 6.71 Å². The van der Waals surface area contributed by atoms with Crippen LogP contribution >= 0.6 is 0 Å². The molecule has 1 aromatic carbocycles. The summed E-state index contributed by atoms with van der Waals surface area (Å²) in [5.74, 6) is 0.580. The molecule has 82 valence electrons. The minimum atomic E-state index is 0.151. The van der Waals surface area contributed by atoms with E-state index in [0.717, 1.165) is 12.0 Å². The van der Waals surface area contributed by atoms with Gasteiger partial charge in [-0.3, -0.25) is 0 Å². The first-order valence-corrected chi connectivity index (χ1v) is 5.83. The molecule has 0 bridgehead atoms. The minimum Gasteiger partial charge on any atom is -0.392 e. The maximum absolute atomic E-state index is 9.35. The van der Waals surface area contributed by atoms with Crippen LogP contribution in [0.2, 0.25) is 13.6 Å². The van der Waals surface area contributed by atoms with Gasteiger partial charge in [0.25, 0.3) is 0 Å². The molecule has 1 N–H and O–H groups in total. The van der Waals surface area contributed by atoms with E-state index in [1.807, 2.05) is 0 Å². The van der Waals surface area contributed by atoms with Crippen LogP contribution in [0.5, 0.6) is 0 Å². The molecular weight excluding hydrogens is 183 g/mol. The highest BCUT2D eigenvalue weighted by atomic mass is 16.3. The van der Waals surface area contributed by atoms with Gasteiger partial charge < -0.3 is 5.11 Å². The third-order valence-corrected chi connectivity index (χ3v) is 3.14. The van der Waals surface area contributed by atoms with Gasteiger partial charge in [-0.05, 0) is 23.5 Å². The zero-order chi connectivity index (χ0) is 11.4. The summed E-state index contributed by atoms with van der Waals surface area (Å²) >= 11 is 0. The Morgan fingerprint density at radius 1 is 1.33 bits per heavy atom. The van der Waals surface area contributed by atoms with Crippen molar-refractivity contribution in [3.8, 4) is 0 Å². The molecule has 0 heterocycles. The first-order valence-electron chi connectivity index (χ1n) is 5.83. The Bertz CT molecular complexity index is 320. The lowest BCUT2D eigenvalue weighted by Crippen LogP contribution is -2.27. The summed E-state index contributed by atoms with van der Waals surface area (Å²) in [7, 11) is 0. The van der Waals surface area contributed by atoms with E-state index in [-0.39, 0.29) is 6.61 Å². The number of benzene rings is 1. The van der Waals surface area contributed by atoms with Crippen LogP contribution < -0.4 is 5.46 Å². The summed E-state index contributed by atoms with van der Waals surface area (Å²) in [6.45, 7) is 9.38. The van der Waals surface area contributed by atoms with Crippen molar-refractivity contribution in [2.24, 2.45) is 0 Å². The second-order valence-corrected chi connectivity index (χ2v) is 4.58. The van der Waals surface area contributed by atoms with Crippen molar-refractivity contribution in [2.75, 3.05) is 0 Å². The van der Waals surface area contributed by atoms with Gasteiger partial charge in [0.05, 0.1) is 6.61 Å². The van der Waals surface area contributed by atoms with Gasteiger partial charge >= 0.3 is 0 Å². The Labute approximate surface area is 93.6 Å². The molecule has 0 aliphatic carbocycles. The number of aliphatic hydroxyl groups excluding tert-OH is 1. The average molecular weight is 204 g/mol. The van der Waals surface area contributed by atoms with Gasteiger partial charge in [-0.2, -0.15) is 0 Å². The zero-order valence-electron chi connectivity index (χ0n) is 10.2. The van der Waals surface area contributed by atoms with E-state index in [1.165, 1.54) is 11.0 Å². The molecule has 0 spiro atoms. The van der Waals surface area contributed by atoms with E-state index < -0.39 is 0 Å². The van der Waals surface area contributed by atoms with E-state index >= 15 is 0 Å². The highest BCUT2D eigenvalue weighted by Gasteiger charge is 2.11. The predicted octanol–water partition coefficient (Wildman–Crippen LogP) is 2.65. The first kappa shape index (κ1) is 12.3. The smallest absolute Gasteiger partial charge is 0.170 e. The van der Waals surface area contributed by atoms with Gasteiger partial charge in [0, 0.05) is 0 Å². The van der Waals surface area contributed by atoms with Crippen LogP contribution in [0.15, 0.2) is 18.2 Å². The molecular formula is C13H21BO. The summed E-state index contributed by atoms with van der Waals surface area (Å²) in [5, 5.41) is 9.35. The van der Waals surface area contributed by atoms with Crippen LogP contribution in [0.3, 0.4) is 0 Å². The molecule has 1 unspecified atom stereocenters. The van der Waals surface area contributed by atoms with E-state index in [9.17, 15) is 5.11 Å². The molecule has 2 heteroatoms. The molecule has 0 aliphatic heterocycles. The monoisotopic (exact) mass is 204 g/mol. The Kier molecular flexibility index (Phi) is 4.40. The van der Waals surface area contributed by atoms with E-state index in [2.05, 4.69) is 45.7 Å². The number of hydrogen-bond donors (Lipinski definition) is 1. The van der Waals surface area contributed by atoms with Crippen molar-refractivity contribution in [2.45, 2.75) is 46.4 Å². The van der Waals surface area contributed by atoms with Crippen molar-refractivity contribution < 1.29 is 5.11 Å². The van der Waals surface area contributed by atoms with Crippen molar-refractivity contribution >= 4 is 12.2 Å². The molecule has 0 saturated carbocycles. The number of aliphatic hydroxyl groups is 1. The number of rotatable bonds is 4. The van der Waals surface area contributed by atoms with Crippen LogP contribution in [0.25, 0.3) is 0 Å². The summed E-state index contributed by atoms with van der Waals surface area (Å²) in [4.78, 5) is 0. The fraction of sp³-hybridized carbons (Fsp3) is 0.538. The Morgan fingerprint density at radius 2 is 2.00 bits per heavy atom. The molecule has 1 nitrogen and oxygen atoms in total. The van der Waals surface area contributed by atoms with Gasteiger partial charge in [0.1, 0.15) is 0 Å². The predicted molar refractivity (Wildman–Crippen MR) is 68.2 cm³/mol. The van der Waals surface area contributed by atoms with Crippen LogP contribution in [-0.4, -0.2) is 11.8 Å². The Morgan fingerprint density at radius 3 is 2.47 bits per heavy atom. The maximum atomic E-state index is 9.35. The molecule has 1 rings (SSSR count). The molecule has 1 aromatic rings. The van der Waals surface area contributed by atoms with Crippen LogP contribution in [0.4, 0.5) is 0 Å². The Hall–Kier alpha value is -0.755. The van der Waals surface area contributed by atoms with Gasteiger partial charge in [0.2, 0.25) is 0 Å². The molecule has 0 aliphatic rings. The van der Waals surface area contributed by atoms with Crippen molar-refractivity contribution in [3.63, 3.8) is 0 Å². The summed E-state index contributed by atoms with van der Waals surface area (Å²) < 4.78 is 0. The Balaban J connectivity index is 3.07. The molecule has 15 heavy (non-hydrogen) atoms. The summed E-state index contributed by atoms with van der Waals surface area (Å²) in [6, 6.07) is 6.52. The van der Waals surface area contributed by atoms with Crippen LogP contribution in [0.1, 0.15) is 37.3 Å². The second kappa shape index (κ2) is 5.36. The van der Waals surface area contributed by atoms with Gasteiger partial charge in [-0.1, -0.05) is 51.2 Å². The minimum absolute atomic E-state index is 0.151. The fourth-order valence-electron chi connectivity index (χ4n) is 1.87. The SMILES string of the molecule is CCC(C)c1ccc(B(C)C)c(CO)c1. The largest absolute Gasteiger partial charge is 0.392 e. The topological polar surface area (TPSA) is 20.2 Å². The maximum Gasteiger partial charge on any atom is 0.170 e. The van der Waals surface area contributed by atoms with Crippen molar-refractivity contribution in [1.29, 1.82) is 0 Å². The van der Waals surface area contributed by atoms with E-state index in [0.29, 0.717) is 12.6 Å². The standard InChI is InChI=1S/C13H21BO/c1-5-10(2)11-6-7-13(14(3)4)12(8-11)9-15/h6-8,10,15H,5,9H2,1-4H3. The third-order valence-electron chi connectivity index (χ3n) is 3.14. The van der Waals surface area contributed by atoms with Crippen LogP contribution in [0, 0.1) is 0 Å². The third kappa shape index (κ3) is 2.85. The van der Waals surface area contributed by atoms with Crippen LogP contribution in [-0.2, 0) is 6.61 Å². The summed E-state index contributed by atoms with van der Waals surface area (Å²) in [6.07, 6.45) is 1.14. The molecule has 1 atom stereocenters. The summed E-state index contributed by atoms with van der Waals surface area (Å²) in [5.41, 5.74) is 3.69. The first-order chi connectivity index (χ1) is 7.10. The molecule has 0 aromatic heterocycles. The molecule has 0 fully saturated rings. The lowest BCUT2D eigenvalue weighted by atomic mass is 9.48. The van der Waals surface area contributed by atoms with E-state index in [4.69, 9.17) is 0 Å². The lowest BCUT2D eigenvalue weighted by Gasteiger charge is -2.14. The molecule has 0 saturated heterocycles.